The van der Waals surface area contributed by atoms with E-state index in [0.717, 1.165) is 24.9 Å². The first kappa shape index (κ1) is 17.8. The van der Waals surface area contributed by atoms with Crippen molar-refractivity contribution in [2.45, 2.75) is 50.4 Å². The van der Waals surface area contributed by atoms with Gasteiger partial charge in [0.05, 0.1) is 31.5 Å². The lowest BCUT2D eigenvalue weighted by molar-refractivity contribution is -0.0646. The second kappa shape index (κ2) is 8.90. The number of aliphatic hydroxyl groups excluding tert-OH is 1. The van der Waals surface area contributed by atoms with Crippen LogP contribution in [0.3, 0.4) is 0 Å². The molecule has 0 amide bonds. The van der Waals surface area contributed by atoms with Gasteiger partial charge in [0.25, 0.3) is 0 Å². The minimum absolute atomic E-state index is 0.138. The highest BCUT2D eigenvalue weighted by atomic mass is 19.1. The Hall–Kier alpha value is -1.01. The zero-order chi connectivity index (χ0) is 16.8. The summed E-state index contributed by atoms with van der Waals surface area (Å²) in [5.41, 5.74) is 0.854. The van der Waals surface area contributed by atoms with Crippen LogP contribution in [0.4, 0.5) is 4.39 Å². The van der Waals surface area contributed by atoms with E-state index in [1.165, 1.54) is 31.4 Å². The van der Waals surface area contributed by atoms with Crippen LogP contribution in [0, 0.1) is 5.82 Å². The van der Waals surface area contributed by atoms with Crippen molar-refractivity contribution in [3.05, 3.63) is 35.6 Å². The van der Waals surface area contributed by atoms with Gasteiger partial charge in [-0.15, -0.1) is 0 Å². The van der Waals surface area contributed by atoms with Crippen LogP contribution < -0.4 is 0 Å². The van der Waals surface area contributed by atoms with E-state index in [9.17, 15) is 9.50 Å². The molecule has 24 heavy (non-hydrogen) atoms. The Labute approximate surface area is 143 Å². The summed E-state index contributed by atoms with van der Waals surface area (Å²) in [7, 11) is 0. The second-order valence-electron chi connectivity index (χ2n) is 6.92. The molecule has 2 unspecified atom stereocenters. The quantitative estimate of drug-likeness (QED) is 0.867. The van der Waals surface area contributed by atoms with Gasteiger partial charge < -0.3 is 14.6 Å². The number of aliphatic hydroxyl groups is 1. The number of hydrogen-bond donors (Lipinski definition) is 1. The van der Waals surface area contributed by atoms with Crippen molar-refractivity contribution in [1.82, 2.24) is 4.90 Å². The van der Waals surface area contributed by atoms with Crippen molar-refractivity contribution < 1.29 is 19.0 Å². The fourth-order valence-electron chi connectivity index (χ4n) is 3.61. The molecular weight excluding hydrogens is 309 g/mol. The summed E-state index contributed by atoms with van der Waals surface area (Å²) in [5.74, 6) is -0.242. The largest absolute Gasteiger partial charge is 0.389 e. The standard InChI is InChI=1S/C19H28FNO3/c20-16-6-4-5-15(11-16)19-13-21(9-10-23-19)12-17(22)14-24-18-7-2-1-3-8-18/h4-6,11,17-19,22H,1-3,7-10,12-14H2. The molecule has 1 aromatic rings. The molecule has 0 aromatic heterocycles. The van der Waals surface area contributed by atoms with E-state index in [1.807, 2.05) is 6.07 Å². The Balaban J connectivity index is 1.44. The zero-order valence-electron chi connectivity index (χ0n) is 14.2. The Morgan fingerprint density at radius 2 is 2.12 bits per heavy atom. The second-order valence-corrected chi connectivity index (χ2v) is 6.92. The highest BCUT2D eigenvalue weighted by Crippen LogP contribution is 2.23. The smallest absolute Gasteiger partial charge is 0.123 e. The highest BCUT2D eigenvalue weighted by Gasteiger charge is 2.24. The summed E-state index contributed by atoms with van der Waals surface area (Å²) in [5, 5.41) is 10.3. The van der Waals surface area contributed by atoms with Crippen LogP contribution in [0.25, 0.3) is 0 Å². The number of β-amino-alcohol motifs (C(OH)–C–C–N with tert-alkyl or cyclic N) is 1. The third kappa shape index (κ3) is 5.24. The molecular formula is C19H28FNO3. The van der Waals surface area contributed by atoms with Crippen LogP contribution in [-0.4, -0.2) is 55.1 Å². The summed E-state index contributed by atoms with van der Waals surface area (Å²) in [4.78, 5) is 2.17. The van der Waals surface area contributed by atoms with Gasteiger partial charge in [-0.25, -0.2) is 4.39 Å². The first-order valence-electron chi connectivity index (χ1n) is 9.10. The molecule has 1 aliphatic heterocycles. The lowest BCUT2D eigenvalue weighted by Gasteiger charge is -2.34. The zero-order valence-corrected chi connectivity index (χ0v) is 14.2. The average molecular weight is 337 g/mol. The molecule has 4 nitrogen and oxygen atoms in total. The van der Waals surface area contributed by atoms with Gasteiger partial charge in [0.15, 0.2) is 0 Å². The van der Waals surface area contributed by atoms with Gasteiger partial charge in [0, 0.05) is 19.6 Å². The molecule has 1 saturated carbocycles. The summed E-state index contributed by atoms with van der Waals surface area (Å²) in [6.45, 7) is 3.02. The molecule has 5 heteroatoms. The van der Waals surface area contributed by atoms with Gasteiger partial charge in [-0.1, -0.05) is 31.4 Å². The Morgan fingerprint density at radius 1 is 1.29 bits per heavy atom. The number of halogens is 1. The molecule has 2 fully saturated rings. The van der Waals surface area contributed by atoms with Crippen molar-refractivity contribution >= 4 is 0 Å². The van der Waals surface area contributed by atoms with Gasteiger partial charge in [0.1, 0.15) is 5.82 Å². The van der Waals surface area contributed by atoms with Gasteiger partial charge in [0.2, 0.25) is 0 Å². The monoisotopic (exact) mass is 337 g/mol. The van der Waals surface area contributed by atoms with Crippen LogP contribution in [0.5, 0.6) is 0 Å². The molecule has 3 rings (SSSR count). The van der Waals surface area contributed by atoms with E-state index in [2.05, 4.69) is 4.90 Å². The third-order valence-corrected chi connectivity index (χ3v) is 4.92. The van der Waals surface area contributed by atoms with Crippen molar-refractivity contribution in [2.75, 3.05) is 32.8 Å². The summed E-state index contributed by atoms with van der Waals surface area (Å²) >= 11 is 0. The summed E-state index contributed by atoms with van der Waals surface area (Å²) < 4.78 is 25.0. The third-order valence-electron chi connectivity index (χ3n) is 4.92. The topological polar surface area (TPSA) is 41.9 Å². The highest BCUT2D eigenvalue weighted by molar-refractivity contribution is 5.19. The number of hydrogen-bond acceptors (Lipinski definition) is 4. The molecule has 0 radical (unpaired) electrons. The first-order chi connectivity index (χ1) is 11.7. The van der Waals surface area contributed by atoms with Gasteiger partial charge in [-0.2, -0.15) is 0 Å². The predicted octanol–water partition coefficient (Wildman–Crippen LogP) is 2.91. The molecule has 1 saturated heterocycles. The lowest BCUT2D eigenvalue weighted by atomic mass is 9.98. The van der Waals surface area contributed by atoms with Gasteiger partial charge >= 0.3 is 0 Å². The maximum atomic E-state index is 13.4. The predicted molar refractivity (Wildman–Crippen MR) is 90.4 cm³/mol. The fraction of sp³-hybridized carbons (Fsp3) is 0.684. The Kier molecular flexibility index (Phi) is 6.60. The molecule has 1 aromatic carbocycles. The van der Waals surface area contributed by atoms with Gasteiger partial charge in [-0.05, 0) is 30.5 Å². The number of nitrogens with zero attached hydrogens (tertiary/aromatic N) is 1. The normalized spacial score (nSPS) is 24.8. The minimum Gasteiger partial charge on any atom is -0.389 e. The van der Waals surface area contributed by atoms with E-state index in [0.29, 0.717) is 32.4 Å². The maximum Gasteiger partial charge on any atom is 0.123 e. The van der Waals surface area contributed by atoms with E-state index in [-0.39, 0.29) is 11.9 Å². The average Bonchev–Trinajstić information content (AvgIpc) is 2.61. The molecule has 134 valence electrons. The lowest BCUT2D eigenvalue weighted by Crippen LogP contribution is -2.43. The molecule has 2 aliphatic rings. The van der Waals surface area contributed by atoms with Crippen LogP contribution in [-0.2, 0) is 9.47 Å². The number of rotatable bonds is 6. The van der Waals surface area contributed by atoms with E-state index in [4.69, 9.17) is 9.47 Å². The molecule has 2 atom stereocenters. The van der Waals surface area contributed by atoms with Gasteiger partial charge in [-0.3, -0.25) is 4.90 Å². The first-order valence-corrected chi connectivity index (χ1v) is 9.10. The molecule has 1 heterocycles. The molecule has 1 N–H and O–H groups in total. The van der Waals surface area contributed by atoms with Crippen molar-refractivity contribution in [3.63, 3.8) is 0 Å². The van der Waals surface area contributed by atoms with E-state index in [1.54, 1.807) is 6.07 Å². The van der Waals surface area contributed by atoms with Crippen LogP contribution in [0.2, 0.25) is 0 Å². The van der Waals surface area contributed by atoms with E-state index < -0.39 is 6.10 Å². The Bertz CT molecular complexity index is 507. The number of ether oxygens (including phenoxy) is 2. The minimum atomic E-state index is -0.488. The number of morpholine rings is 1. The molecule has 0 bridgehead atoms. The number of benzene rings is 1. The molecule has 1 aliphatic carbocycles. The fourth-order valence-corrected chi connectivity index (χ4v) is 3.61. The van der Waals surface area contributed by atoms with Crippen molar-refractivity contribution in [2.24, 2.45) is 0 Å². The van der Waals surface area contributed by atoms with E-state index >= 15 is 0 Å². The maximum absolute atomic E-state index is 13.4. The van der Waals surface area contributed by atoms with Crippen LogP contribution in [0.15, 0.2) is 24.3 Å². The van der Waals surface area contributed by atoms with Crippen LogP contribution >= 0.6 is 0 Å². The SMILES string of the molecule is OC(COC1CCCCC1)CN1CCOC(c2cccc(F)c2)C1. The molecule has 0 spiro atoms. The van der Waals surface area contributed by atoms with Crippen molar-refractivity contribution in [3.8, 4) is 0 Å². The Morgan fingerprint density at radius 3 is 2.92 bits per heavy atom. The van der Waals surface area contributed by atoms with Crippen LogP contribution in [0.1, 0.15) is 43.8 Å². The summed E-state index contributed by atoms with van der Waals surface area (Å²) in [6, 6.07) is 6.56. The van der Waals surface area contributed by atoms with Crippen molar-refractivity contribution in [1.29, 1.82) is 0 Å². The summed E-state index contributed by atoms with van der Waals surface area (Å²) in [6.07, 6.45) is 5.70.